The van der Waals surface area contributed by atoms with Gasteiger partial charge in [0.05, 0.1) is 44.0 Å². The molecule has 3 heterocycles. The number of carbonyl (C=O) groups is 3. The number of nitrogens with two attached hydrogens (primary N) is 1. The number of carboxylic acids is 1. The number of aliphatic carboxylic acids is 1. The van der Waals surface area contributed by atoms with Crippen molar-refractivity contribution in [2.45, 2.75) is 56.5 Å². The van der Waals surface area contributed by atoms with E-state index in [9.17, 15) is 24.6 Å². The van der Waals surface area contributed by atoms with Crippen LogP contribution in [0.2, 0.25) is 0 Å². The number of rotatable bonds is 6. The topological polar surface area (TPSA) is 121 Å². The minimum Gasteiger partial charge on any atom is -0.477 e. The van der Waals surface area contributed by atoms with Gasteiger partial charge >= 0.3 is 5.97 Å². The molecule has 2 saturated heterocycles. The zero-order chi connectivity index (χ0) is 21.2. The first kappa shape index (κ1) is 21.1. The molecule has 0 spiro atoms. The van der Waals surface area contributed by atoms with Crippen molar-refractivity contribution in [2.75, 3.05) is 20.6 Å². The highest BCUT2D eigenvalue weighted by Gasteiger charge is 2.62. The Morgan fingerprint density at radius 1 is 1.43 bits per heavy atom. The van der Waals surface area contributed by atoms with Gasteiger partial charge in [-0.15, -0.1) is 11.8 Å². The summed E-state index contributed by atoms with van der Waals surface area (Å²) in [5, 5.41) is 19.8. The number of β-lactam (4-membered cyclic amide) rings is 1. The van der Waals surface area contributed by atoms with Crippen LogP contribution in [0.1, 0.15) is 33.6 Å². The summed E-state index contributed by atoms with van der Waals surface area (Å²) in [5.74, 6) is -2.53. The smallest absolute Gasteiger partial charge is 0.353 e. The number of quaternary nitrogens is 1. The van der Waals surface area contributed by atoms with Gasteiger partial charge in [-0.3, -0.25) is 9.59 Å². The maximum absolute atomic E-state index is 12.5. The molecule has 3 aliphatic rings. The van der Waals surface area contributed by atoms with Gasteiger partial charge in [0.2, 0.25) is 5.91 Å². The average molecular weight is 413 g/mol. The largest absolute Gasteiger partial charge is 0.477 e. The Labute approximate surface area is 169 Å². The van der Waals surface area contributed by atoms with E-state index in [0.29, 0.717) is 28.8 Å². The van der Waals surface area contributed by atoms with E-state index >= 15 is 0 Å². The Balaban J connectivity index is 1.91. The van der Waals surface area contributed by atoms with Crippen LogP contribution in [0.3, 0.4) is 0 Å². The third-order valence-electron chi connectivity index (χ3n) is 7.03. The Morgan fingerprint density at radius 3 is 2.46 bits per heavy atom. The number of aliphatic hydroxyl groups excluding tert-OH is 1. The summed E-state index contributed by atoms with van der Waals surface area (Å²) in [5.41, 5.74) is 5.12. The standard InChI is InChI=1S/C19H29N3O5S/c1-6-19(18(20)27)7-11(8-22(19,4)5)28-15-9(2)13-12(10(3)23)16(24)21(13)14(15)17(25)26/h9-13,23H,6-8H2,1-5H3,(H2-,20,25,26,27)/p+1/t9-,10-,11+,12-,13-,19+/m1/s1. The fourth-order valence-electron chi connectivity index (χ4n) is 5.45. The first-order chi connectivity index (χ1) is 12.9. The molecule has 0 bridgehead atoms. The molecule has 0 aliphatic carbocycles. The minimum absolute atomic E-state index is 0.0213. The Hall–Kier alpha value is -1.58. The van der Waals surface area contributed by atoms with E-state index in [2.05, 4.69) is 0 Å². The van der Waals surface area contributed by atoms with Gasteiger partial charge in [-0.1, -0.05) is 13.8 Å². The molecule has 2 amide bonds. The number of primary amides is 1. The highest BCUT2D eigenvalue weighted by atomic mass is 32.2. The molecule has 156 valence electrons. The Kier molecular flexibility index (Phi) is 5.09. The number of hydrogen-bond acceptors (Lipinski definition) is 5. The van der Waals surface area contributed by atoms with Crippen LogP contribution in [0.4, 0.5) is 0 Å². The lowest BCUT2D eigenvalue weighted by Crippen LogP contribution is -2.63. The van der Waals surface area contributed by atoms with Crippen molar-refractivity contribution in [3.05, 3.63) is 10.6 Å². The first-order valence-electron chi connectivity index (χ1n) is 9.68. The predicted molar refractivity (Wildman–Crippen MR) is 105 cm³/mol. The molecule has 9 heteroatoms. The summed E-state index contributed by atoms with van der Waals surface area (Å²) >= 11 is 1.46. The third-order valence-corrected chi connectivity index (χ3v) is 8.50. The third kappa shape index (κ3) is 2.70. The molecule has 0 aromatic carbocycles. The van der Waals surface area contributed by atoms with Crippen LogP contribution < -0.4 is 5.73 Å². The lowest BCUT2D eigenvalue weighted by Gasteiger charge is -2.46. The molecular formula is C19H30N3O5S+. The molecule has 0 unspecified atom stereocenters. The number of amides is 2. The average Bonchev–Trinajstić information content (AvgIpc) is 2.97. The van der Waals surface area contributed by atoms with Crippen LogP contribution in [0.25, 0.3) is 0 Å². The summed E-state index contributed by atoms with van der Waals surface area (Å²) in [4.78, 5) is 38.7. The lowest BCUT2D eigenvalue weighted by atomic mass is 9.79. The molecule has 28 heavy (non-hydrogen) atoms. The van der Waals surface area contributed by atoms with E-state index in [1.807, 2.05) is 27.9 Å². The second kappa shape index (κ2) is 6.74. The van der Waals surface area contributed by atoms with Crippen molar-refractivity contribution in [1.29, 1.82) is 0 Å². The van der Waals surface area contributed by atoms with Crippen molar-refractivity contribution in [1.82, 2.24) is 4.90 Å². The van der Waals surface area contributed by atoms with Crippen LogP contribution in [0.15, 0.2) is 10.6 Å². The number of nitrogens with zero attached hydrogens (tertiary/aromatic N) is 2. The molecule has 3 rings (SSSR count). The zero-order valence-corrected chi connectivity index (χ0v) is 17.8. The predicted octanol–water partition coefficient (Wildman–Crippen LogP) is 0.356. The number of fused-ring (bicyclic) bond motifs is 1. The lowest BCUT2D eigenvalue weighted by molar-refractivity contribution is -0.918. The van der Waals surface area contributed by atoms with Crippen LogP contribution in [0, 0.1) is 11.8 Å². The molecule has 0 aromatic heterocycles. The van der Waals surface area contributed by atoms with Crippen molar-refractivity contribution in [3.63, 3.8) is 0 Å². The fraction of sp³-hybridized carbons (Fsp3) is 0.737. The number of carboxylic acid groups (broad SMARTS) is 1. The molecule has 3 aliphatic heterocycles. The molecule has 0 aromatic rings. The molecule has 4 N–H and O–H groups in total. The van der Waals surface area contributed by atoms with E-state index in [-0.39, 0.29) is 34.7 Å². The summed E-state index contributed by atoms with van der Waals surface area (Å²) in [6.45, 7) is 6.12. The number of likely N-dealkylation sites (N-methyl/N-ethyl adjacent to an activating group) is 1. The van der Waals surface area contributed by atoms with Crippen LogP contribution >= 0.6 is 11.8 Å². The fourth-order valence-corrected chi connectivity index (χ4v) is 7.27. The van der Waals surface area contributed by atoms with Gasteiger partial charge in [0, 0.05) is 23.7 Å². The van der Waals surface area contributed by atoms with Crippen LogP contribution in [-0.4, -0.2) is 81.0 Å². The molecule has 2 fully saturated rings. The second-order valence-electron chi connectivity index (χ2n) is 8.83. The summed E-state index contributed by atoms with van der Waals surface area (Å²) < 4.78 is 0.461. The molecule has 8 nitrogen and oxygen atoms in total. The maximum atomic E-state index is 12.5. The number of carbonyl (C=O) groups excluding carboxylic acids is 2. The summed E-state index contributed by atoms with van der Waals surface area (Å²) in [6.07, 6.45) is 0.364. The molecule has 0 saturated carbocycles. The number of aliphatic hydroxyl groups is 1. The van der Waals surface area contributed by atoms with Gasteiger partial charge in [0.15, 0.2) is 5.54 Å². The van der Waals surface area contributed by atoms with Crippen molar-refractivity contribution >= 4 is 29.5 Å². The minimum atomic E-state index is -1.13. The van der Waals surface area contributed by atoms with Crippen LogP contribution in [-0.2, 0) is 14.4 Å². The van der Waals surface area contributed by atoms with Crippen molar-refractivity contribution in [2.24, 2.45) is 17.6 Å². The van der Waals surface area contributed by atoms with Gasteiger partial charge in [-0.05, 0) is 6.92 Å². The Morgan fingerprint density at radius 2 is 2.04 bits per heavy atom. The monoisotopic (exact) mass is 412 g/mol. The molecular weight excluding hydrogens is 382 g/mol. The van der Waals surface area contributed by atoms with Crippen molar-refractivity contribution < 1.29 is 29.1 Å². The SMILES string of the molecule is CC[C@@]1(C(N)=O)C[C@H](SC2=C(C(=O)O)N3C(=O)[C@H]([C@@H](C)O)[C@H]3[C@H]2C)C[N+]1(C)C. The zero-order valence-electron chi connectivity index (χ0n) is 17.0. The molecule has 6 atom stereocenters. The van der Waals surface area contributed by atoms with Crippen molar-refractivity contribution in [3.8, 4) is 0 Å². The highest BCUT2D eigenvalue weighted by molar-refractivity contribution is 8.03. The maximum Gasteiger partial charge on any atom is 0.353 e. The van der Waals surface area contributed by atoms with Gasteiger partial charge in [-0.25, -0.2) is 4.79 Å². The highest BCUT2D eigenvalue weighted by Crippen LogP contribution is 2.53. The summed E-state index contributed by atoms with van der Waals surface area (Å²) in [7, 11) is 3.97. The first-order valence-corrected chi connectivity index (χ1v) is 10.6. The van der Waals surface area contributed by atoms with E-state index in [4.69, 9.17) is 5.73 Å². The van der Waals surface area contributed by atoms with Crippen LogP contribution in [0.5, 0.6) is 0 Å². The molecule has 0 radical (unpaired) electrons. The number of likely N-dealkylation sites (tertiary alicyclic amines) is 1. The quantitative estimate of drug-likeness (QED) is 0.428. The Bertz CT molecular complexity index is 765. The van der Waals surface area contributed by atoms with E-state index < -0.39 is 23.5 Å². The van der Waals surface area contributed by atoms with E-state index in [1.165, 1.54) is 16.7 Å². The van der Waals surface area contributed by atoms with E-state index in [1.54, 1.807) is 6.92 Å². The van der Waals surface area contributed by atoms with Gasteiger partial charge in [0.1, 0.15) is 5.70 Å². The van der Waals surface area contributed by atoms with Gasteiger partial charge in [0.25, 0.3) is 5.91 Å². The van der Waals surface area contributed by atoms with E-state index in [0.717, 1.165) is 0 Å². The summed E-state index contributed by atoms with van der Waals surface area (Å²) in [6, 6.07) is -0.322. The van der Waals surface area contributed by atoms with Gasteiger partial charge < -0.3 is 25.3 Å². The second-order valence-corrected chi connectivity index (χ2v) is 10.2. The number of thioether (sulfide) groups is 1. The van der Waals surface area contributed by atoms with Gasteiger partial charge in [-0.2, -0.15) is 0 Å². The normalized spacial score (nSPS) is 37.6. The number of hydrogen-bond donors (Lipinski definition) is 3.